The minimum absolute atomic E-state index is 0.0823. The maximum atomic E-state index is 13.6. The number of nitrogens with one attached hydrogen (secondary N) is 1. The molecule has 0 atom stereocenters. The van der Waals surface area contributed by atoms with E-state index in [9.17, 15) is 20.0 Å². The number of methoxy groups -OCH3 is 2. The van der Waals surface area contributed by atoms with Crippen LogP contribution in [0.1, 0.15) is 79.7 Å². The highest BCUT2D eigenvalue weighted by atomic mass is 16.5. The van der Waals surface area contributed by atoms with Gasteiger partial charge in [-0.1, -0.05) is 27.7 Å². The highest BCUT2D eigenvalue weighted by Gasteiger charge is 2.64. The number of ether oxygens (including phenoxy) is 5. The van der Waals surface area contributed by atoms with Gasteiger partial charge >= 0.3 is 5.97 Å². The van der Waals surface area contributed by atoms with E-state index in [1.165, 1.54) is 20.3 Å². The van der Waals surface area contributed by atoms with Gasteiger partial charge in [0.15, 0.2) is 0 Å². The van der Waals surface area contributed by atoms with Crippen LogP contribution in [0, 0.1) is 22.2 Å². The molecule has 1 spiro atoms. The zero-order chi connectivity index (χ0) is 39.1. The summed E-state index contributed by atoms with van der Waals surface area (Å²) in [5.74, 6) is 0.886. The number of nitrogens with zero attached hydrogens (tertiary/aromatic N) is 3. The predicted octanol–water partition coefficient (Wildman–Crippen LogP) is 6.17. The van der Waals surface area contributed by atoms with Gasteiger partial charge in [-0.2, -0.15) is 5.26 Å². The lowest BCUT2D eigenvalue weighted by atomic mass is 9.49. The van der Waals surface area contributed by atoms with Crippen molar-refractivity contribution < 1.29 is 38.4 Å². The molecule has 292 valence electrons. The van der Waals surface area contributed by atoms with Gasteiger partial charge in [-0.25, -0.2) is 4.79 Å². The van der Waals surface area contributed by atoms with Crippen molar-refractivity contribution in [3.05, 3.63) is 77.4 Å². The first kappa shape index (κ1) is 38.3. The summed E-state index contributed by atoms with van der Waals surface area (Å²) in [7, 11) is 3.00. The van der Waals surface area contributed by atoms with Gasteiger partial charge in [-0.05, 0) is 61.4 Å². The molecule has 12 nitrogen and oxygen atoms in total. The van der Waals surface area contributed by atoms with Crippen LogP contribution in [0.3, 0.4) is 0 Å². The summed E-state index contributed by atoms with van der Waals surface area (Å²) in [5, 5.41) is 22.0. The first-order valence-corrected chi connectivity index (χ1v) is 19.1. The SMILES string of the molecule is COc1cc(O[C@H]2C(C)(C)[C@H](NC(=O)c3ccc(N4CCC5(CC4)CN([C@H]4C[C@H](Oc6ccc(C(=O)O)c(OC)c6)C4)CCO5)cc3)C2(C)C)ccc1C#N. The van der Waals surface area contributed by atoms with Crippen LogP contribution in [-0.4, -0.2) is 98.8 Å². The number of carbonyl (C=O) groups excluding carboxylic acids is 1. The summed E-state index contributed by atoms with van der Waals surface area (Å²) in [4.78, 5) is 29.9. The smallest absolute Gasteiger partial charge is 0.339 e. The number of carbonyl (C=O) groups is 2. The molecule has 3 aromatic carbocycles. The van der Waals surface area contributed by atoms with Crippen LogP contribution in [0.5, 0.6) is 23.0 Å². The number of rotatable bonds is 11. The average Bonchev–Trinajstić information content (AvgIpc) is 3.17. The molecule has 2 heterocycles. The first-order chi connectivity index (χ1) is 26.3. The standard InChI is InChI=1S/C43H52N4O8/c1-41(2)39(42(3,4)40(41)55-32-12-9-28(25-44)35(23-32)51-5)45-37(48)27-7-10-29(11-8-27)46-17-15-43(16-18-46)26-47(19-20-53-43)30-21-33(22-30)54-31-13-14-34(38(49)50)36(24-31)52-6/h7-14,23-24,30,33,39-40H,15-22,26H2,1-6H3,(H,45,48)(H,49,50)/t30-,33-,39-,40-. The summed E-state index contributed by atoms with van der Waals surface area (Å²) in [6.07, 6.45) is 3.61. The normalized spacial score (nSPS) is 25.1. The van der Waals surface area contributed by atoms with Crippen molar-refractivity contribution in [3.63, 3.8) is 0 Å². The second kappa shape index (κ2) is 14.9. The predicted molar refractivity (Wildman–Crippen MR) is 206 cm³/mol. The van der Waals surface area contributed by atoms with E-state index in [1.54, 1.807) is 30.3 Å². The van der Waals surface area contributed by atoms with E-state index in [1.807, 2.05) is 24.3 Å². The third-order valence-corrected chi connectivity index (χ3v) is 12.4. The number of nitriles is 1. The average molecular weight is 753 g/mol. The van der Waals surface area contributed by atoms with Gasteiger partial charge in [0.2, 0.25) is 0 Å². The van der Waals surface area contributed by atoms with E-state index in [0.29, 0.717) is 46.8 Å². The minimum Gasteiger partial charge on any atom is -0.496 e. The Morgan fingerprint density at radius 2 is 1.51 bits per heavy atom. The lowest BCUT2D eigenvalue weighted by Crippen LogP contribution is -2.74. The van der Waals surface area contributed by atoms with Gasteiger partial charge in [0.1, 0.15) is 46.8 Å². The molecule has 2 saturated carbocycles. The molecule has 3 aromatic rings. The Kier molecular flexibility index (Phi) is 10.4. The van der Waals surface area contributed by atoms with Crippen molar-refractivity contribution in [1.82, 2.24) is 10.2 Å². The Morgan fingerprint density at radius 1 is 0.873 bits per heavy atom. The number of hydrogen-bond acceptors (Lipinski definition) is 10. The highest BCUT2D eigenvalue weighted by Crippen LogP contribution is 2.55. The molecule has 1 amide bonds. The number of carboxylic acids is 1. The fourth-order valence-electron chi connectivity index (χ4n) is 9.52. The molecule has 4 aliphatic rings. The molecule has 0 bridgehead atoms. The van der Waals surface area contributed by atoms with E-state index in [0.717, 1.165) is 57.5 Å². The molecule has 7 rings (SSSR count). The van der Waals surface area contributed by atoms with E-state index in [4.69, 9.17) is 23.7 Å². The van der Waals surface area contributed by atoms with Gasteiger partial charge < -0.3 is 39.0 Å². The van der Waals surface area contributed by atoms with Crippen LogP contribution < -0.4 is 29.2 Å². The minimum atomic E-state index is -1.03. The zero-order valence-electron chi connectivity index (χ0n) is 32.6. The number of benzene rings is 3. The van der Waals surface area contributed by atoms with Crippen molar-refractivity contribution in [1.29, 1.82) is 5.26 Å². The van der Waals surface area contributed by atoms with Crippen LogP contribution >= 0.6 is 0 Å². The number of hydrogen-bond donors (Lipinski definition) is 2. The molecule has 0 unspecified atom stereocenters. The molecule has 2 aliphatic carbocycles. The number of amides is 1. The van der Waals surface area contributed by atoms with Crippen LogP contribution in [0.4, 0.5) is 5.69 Å². The third kappa shape index (κ3) is 7.40. The number of aromatic carboxylic acids is 1. The molecular formula is C43H52N4O8. The van der Waals surface area contributed by atoms with Crippen molar-refractivity contribution in [3.8, 4) is 29.1 Å². The van der Waals surface area contributed by atoms with Crippen molar-refractivity contribution >= 4 is 17.6 Å². The Hall–Kier alpha value is -4.99. The molecule has 2 N–H and O–H groups in total. The maximum Gasteiger partial charge on any atom is 0.339 e. The highest BCUT2D eigenvalue weighted by molar-refractivity contribution is 5.95. The number of morpholine rings is 1. The fourth-order valence-corrected chi connectivity index (χ4v) is 9.52. The molecule has 4 fully saturated rings. The summed E-state index contributed by atoms with van der Waals surface area (Å²) in [5.41, 5.74) is 1.43. The molecular weight excluding hydrogens is 700 g/mol. The molecule has 55 heavy (non-hydrogen) atoms. The number of anilines is 1. The van der Waals surface area contributed by atoms with Crippen molar-refractivity contribution in [2.75, 3.05) is 51.9 Å². The molecule has 12 heteroatoms. The monoisotopic (exact) mass is 752 g/mol. The Balaban J connectivity index is 0.889. The summed E-state index contributed by atoms with van der Waals surface area (Å²) < 4.78 is 29.7. The van der Waals surface area contributed by atoms with Gasteiger partial charge in [-0.3, -0.25) is 9.69 Å². The topological polar surface area (TPSA) is 143 Å². The van der Waals surface area contributed by atoms with E-state index in [2.05, 4.69) is 48.9 Å². The Bertz CT molecular complexity index is 1930. The fraction of sp³-hybridized carbons (Fsp3) is 0.512. The summed E-state index contributed by atoms with van der Waals surface area (Å²) in [6.45, 7) is 12.7. The number of piperidine rings is 1. The van der Waals surface area contributed by atoms with E-state index >= 15 is 0 Å². The zero-order valence-corrected chi connectivity index (χ0v) is 32.6. The van der Waals surface area contributed by atoms with Crippen LogP contribution in [0.25, 0.3) is 0 Å². The van der Waals surface area contributed by atoms with Gasteiger partial charge in [0.25, 0.3) is 5.91 Å². The Morgan fingerprint density at radius 3 is 2.15 bits per heavy atom. The first-order valence-electron chi connectivity index (χ1n) is 19.1. The third-order valence-electron chi connectivity index (χ3n) is 12.4. The van der Waals surface area contributed by atoms with Gasteiger partial charge in [-0.15, -0.1) is 0 Å². The van der Waals surface area contributed by atoms with Crippen molar-refractivity contribution in [2.45, 2.75) is 83.3 Å². The molecule has 2 saturated heterocycles. The lowest BCUT2D eigenvalue weighted by Gasteiger charge is -2.63. The second-order valence-electron chi connectivity index (χ2n) is 16.6. The lowest BCUT2D eigenvalue weighted by molar-refractivity contribution is -0.164. The molecule has 0 aromatic heterocycles. The maximum absolute atomic E-state index is 13.6. The van der Waals surface area contributed by atoms with E-state index in [-0.39, 0.29) is 46.2 Å². The Labute approximate surface area is 323 Å². The molecule has 2 aliphatic heterocycles. The van der Waals surface area contributed by atoms with Crippen LogP contribution in [0.2, 0.25) is 0 Å². The van der Waals surface area contributed by atoms with Gasteiger partial charge in [0, 0.05) is 85.3 Å². The number of carboxylic acid groups (broad SMARTS) is 1. The molecule has 0 radical (unpaired) electrons. The summed E-state index contributed by atoms with van der Waals surface area (Å²) in [6, 6.07) is 20.5. The largest absolute Gasteiger partial charge is 0.496 e. The quantitative estimate of drug-likeness (QED) is 0.232. The second-order valence-corrected chi connectivity index (χ2v) is 16.6. The van der Waals surface area contributed by atoms with Gasteiger partial charge in [0.05, 0.1) is 32.0 Å². The van der Waals surface area contributed by atoms with Crippen LogP contribution in [-0.2, 0) is 4.74 Å². The summed E-state index contributed by atoms with van der Waals surface area (Å²) >= 11 is 0. The van der Waals surface area contributed by atoms with E-state index < -0.39 is 5.97 Å². The van der Waals surface area contributed by atoms with Crippen molar-refractivity contribution in [2.24, 2.45) is 10.8 Å². The van der Waals surface area contributed by atoms with Crippen LogP contribution in [0.15, 0.2) is 60.7 Å².